The SMILES string of the molecule is Cc1ccc2c(c1)Oc1cc(Oc3cccc(-c4ccccc4)c3)cc3c1B2c1cc2c(cc1O3)Oc1cc(Oc3cccc(-c4ccccc4)c3)cc3c1B2c1ccc(C)cc1O3. The Labute approximate surface area is 371 Å². The summed E-state index contributed by atoms with van der Waals surface area (Å²) in [5.41, 5.74) is 12.8. The molecule has 0 atom stereocenters. The van der Waals surface area contributed by atoms with E-state index in [4.69, 9.17) is 28.4 Å². The van der Waals surface area contributed by atoms with Gasteiger partial charge < -0.3 is 28.4 Å². The molecule has 0 bridgehead atoms. The predicted molar refractivity (Wildman–Crippen MR) is 255 cm³/mol. The third-order valence-electron chi connectivity index (χ3n) is 12.7. The van der Waals surface area contributed by atoms with Crippen LogP contribution in [0.5, 0.6) is 69.0 Å². The van der Waals surface area contributed by atoms with E-state index in [1.165, 1.54) is 0 Å². The van der Waals surface area contributed by atoms with E-state index in [9.17, 15) is 0 Å². The molecule has 0 N–H and O–H groups in total. The van der Waals surface area contributed by atoms with Crippen LogP contribution in [0, 0.1) is 13.8 Å². The Morgan fingerprint density at radius 3 is 1.11 bits per heavy atom. The lowest BCUT2D eigenvalue weighted by molar-refractivity contribution is 0.435. The van der Waals surface area contributed by atoms with Gasteiger partial charge in [-0.3, -0.25) is 0 Å². The first-order valence-corrected chi connectivity index (χ1v) is 21.6. The average Bonchev–Trinajstić information content (AvgIpc) is 3.31. The minimum atomic E-state index is -0.167. The smallest absolute Gasteiger partial charge is 0.260 e. The number of ether oxygens (including phenoxy) is 6. The van der Waals surface area contributed by atoms with Gasteiger partial charge in [-0.2, -0.15) is 0 Å². The molecule has 0 spiro atoms. The minimum absolute atomic E-state index is 0.167. The zero-order chi connectivity index (χ0) is 42.5. The molecule has 0 amide bonds. The van der Waals surface area contributed by atoms with Crippen molar-refractivity contribution >= 4 is 46.2 Å². The highest BCUT2D eigenvalue weighted by molar-refractivity contribution is 7.01. The molecule has 0 fully saturated rings. The minimum Gasteiger partial charge on any atom is -0.458 e. The summed E-state index contributed by atoms with van der Waals surface area (Å²) < 4.78 is 40.6. The first kappa shape index (κ1) is 36.6. The van der Waals surface area contributed by atoms with Crippen LogP contribution in [-0.4, -0.2) is 13.4 Å². The Balaban J connectivity index is 0.923. The van der Waals surface area contributed by atoms with Crippen molar-refractivity contribution in [2.75, 3.05) is 0 Å². The molecule has 4 aliphatic heterocycles. The standard InChI is InChI=1S/C56H36B2O6/c1-33-19-21-43-47(23-33)61-51-27-41(59-39-17-9-15-37(25-39)35-11-5-3-6-12-35)29-53-55(51)57(43)45-31-46-50(32-49(45)63-53)64-54-30-42(60-40-18-10-16-38(26-40)36-13-7-4-8-14-36)28-52-56(54)58(46)44-22-20-34(2)24-48(44)62-52/h3-32H,1-2H3. The molecule has 4 aliphatic rings. The summed E-state index contributed by atoms with van der Waals surface area (Å²) in [6.45, 7) is 3.85. The summed E-state index contributed by atoms with van der Waals surface area (Å²) >= 11 is 0. The number of aryl methyl sites for hydroxylation is 2. The summed E-state index contributed by atoms with van der Waals surface area (Å²) in [7, 11) is 0. The number of benzene rings is 9. The highest BCUT2D eigenvalue weighted by Gasteiger charge is 2.45. The maximum absolute atomic E-state index is 6.94. The Bertz CT molecular complexity index is 3170. The molecule has 302 valence electrons. The average molecular weight is 827 g/mol. The van der Waals surface area contributed by atoms with E-state index >= 15 is 0 Å². The third kappa shape index (κ3) is 6.05. The summed E-state index contributed by atoms with van der Waals surface area (Å²) in [5, 5.41) is 0. The van der Waals surface area contributed by atoms with Crippen molar-refractivity contribution < 1.29 is 28.4 Å². The van der Waals surface area contributed by atoms with Gasteiger partial charge in [0.1, 0.15) is 69.0 Å². The van der Waals surface area contributed by atoms with E-state index in [-0.39, 0.29) is 13.4 Å². The number of rotatable bonds is 6. The summed E-state index contributed by atoms with van der Waals surface area (Å²) in [5.74, 6) is 8.47. The van der Waals surface area contributed by atoms with Gasteiger partial charge in [0.25, 0.3) is 13.4 Å². The van der Waals surface area contributed by atoms with Crippen LogP contribution in [0.25, 0.3) is 22.3 Å². The van der Waals surface area contributed by atoms with Gasteiger partial charge in [-0.15, -0.1) is 0 Å². The molecule has 4 heterocycles. The van der Waals surface area contributed by atoms with Crippen LogP contribution in [-0.2, 0) is 0 Å². The maximum Gasteiger partial charge on any atom is 0.260 e. The molecule has 64 heavy (non-hydrogen) atoms. The van der Waals surface area contributed by atoms with Crippen molar-refractivity contribution in [1.29, 1.82) is 0 Å². The van der Waals surface area contributed by atoms with E-state index < -0.39 is 0 Å². The van der Waals surface area contributed by atoms with Crippen molar-refractivity contribution in [3.05, 3.63) is 193 Å². The third-order valence-corrected chi connectivity index (χ3v) is 12.7. The van der Waals surface area contributed by atoms with Crippen molar-refractivity contribution in [3.8, 4) is 91.2 Å². The van der Waals surface area contributed by atoms with Crippen molar-refractivity contribution in [1.82, 2.24) is 0 Å². The maximum atomic E-state index is 6.94. The topological polar surface area (TPSA) is 55.4 Å². The fraction of sp³-hybridized carbons (Fsp3) is 0.0357. The molecule has 0 saturated carbocycles. The van der Waals surface area contributed by atoms with Gasteiger partial charge in [0, 0.05) is 41.3 Å². The van der Waals surface area contributed by atoms with Gasteiger partial charge in [0.15, 0.2) is 0 Å². The molecule has 0 unspecified atom stereocenters. The lowest BCUT2D eigenvalue weighted by atomic mass is 9.31. The Kier molecular flexibility index (Phi) is 8.13. The van der Waals surface area contributed by atoms with Crippen LogP contribution in [0.4, 0.5) is 0 Å². The fourth-order valence-electron chi connectivity index (χ4n) is 9.78. The van der Waals surface area contributed by atoms with Crippen LogP contribution in [0.2, 0.25) is 0 Å². The van der Waals surface area contributed by atoms with E-state index in [2.05, 4.69) is 111 Å². The molecule has 6 nitrogen and oxygen atoms in total. The quantitative estimate of drug-likeness (QED) is 0.156. The van der Waals surface area contributed by atoms with Crippen LogP contribution >= 0.6 is 0 Å². The van der Waals surface area contributed by atoms with Gasteiger partial charge in [0.2, 0.25) is 0 Å². The van der Waals surface area contributed by atoms with Gasteiger partial charge >= 0.3 is 0 Å². The van der Waals surface area contributed by atoms with Crippen molar-refractivity contribution in [2.45, 2.75) is 13.8 Å². The zero-order valence-corrected chi connectivity index (χ0v) is 34.9. The van der Waals surface area contributed by atoms with Crippen LogP contribution in [0.3, 0.4) is 0 Å². The monoisotopic (exact) mass is 826 g/mol. The second-order valence-electron chi connectivity index (χ2n) is 16.9. The lowest BCUT2D eigenvalue weighted by Crippen LogP contribution is -2.61. The van der Waals surface area contributed by atoms with Crippen LogP contribution in [0.1, 0.15) is 11.1 Å². The molecular weight excluding hydrogens is 790 g/mol. The van der Waals surface area contributed by atoms with E-state index in [1.54, 1.807) is 0 Å². The van der Waals surface area contributed by atoms with Gasteiger partial charge in [-0.1, -0.05) is 115 Å². The first-order valence-electron chi connectivity index (χ1n) is 21.6. The summed E-state index contributed by atoms with van der Waals surface area (Å²) in [4.78, 5) is 0. The predicted octanol–water partition coefficient (Wildman–Crippen LogP) is 10.7. The largest absolute Gasteiger partial charge is 0.458 e. The highest BCUT2D eigenvalue weighted by atomic mass is 16.5. The Morgan fingerprint density at radius 1 is 0.297 bits per heavy atom. The van der Waals surface area contributed by atoms with E-state index in [0.717, 1.165) is 77.7 Å². The fourth-order valence-corrected chi connectivity index (χ4v) is 9.78. The van der Waals surface area contributed by atoms with Crippen molar-refractivity contribution in [2.24, 2.45) is 0 Å². The molecule has 13 rings (SSSR count). The highest BCUT2D eigenvalue weighted by Crippen LogP contribution is 2.43. The normalized spacial score (nSPS) is 13.0. The van der Waals surface area contributed by atoms with E-state index in [1.807, 2.05) is 84.9 Å². The zero-order valence-electron chi connectivity index (χ0n) is 34.9. The van der Waals surface area contributed by atoms with Crippen LogP contribution in [0.15, 0.2) is 182 Å². The second kappa shape index (κ2) is 14.2. The van der Waals surface area contributed by atoms with Gasteiger partial charge in [-0.25, -0.2) is 0 Å². The van der Waals surface area contributed by atoms with Crippen LogP contribution < -0.4 is 61.2 Å². The van der Waals surface area contributed by atoms with Gasteiger partial charge in [0.05, 0.1) is 0 Å². The molecule has 0 aromatic heterocycles. The molecule has 0 aliphatic carbocycles. The molecule has 0 radical (unpaired) electrons. The first-order chi connectivity index (χ1) is 31.5. The Morgan fingerprint density at radius 2 is 0.688 bits per heavy atom. The molecule has 0 saturated heterocycles. The molecule has 8 heteroatoms. The summed E-state index contributed by atoms with van der Waals surface area (Å²) in [6, 6.07) is 62.0. The lowest BCUT2D eigenvalue weighted by Gasteiger charge is -2.36. The second-order valence-corrected chi connectivity index (χ2v) is 16.9. The molecule has 9 aromatic rings. The summed E-state index contributed by atoms with van der Waals surface area (Å²) in [6.07, 6.45) is 0. The van der Waals surface area contributed by atoms with Crippen molar-refractivity contribution in [3.63, 3.8) is 0 Å². The Hall–Kier alpha value is -8.09. The van der Waals surface area contributed by atoms with Gasteiger partial charge in [-0.05, 0) is 105 Å². The molecular formula is C56H36B2O6. The number of hydrogen-bond acceptors (Lipinski definition) is 6. The van der Waals surface area contributed by atoms with E-state index in [0.29, 0.717) is 57.5 Å². The number of fused-ring (bicyclic) bond motifs is 8. The molecule has 9 aromatic carbocycles. The number of hydrogen-bond donors (Lipinski definition) is 0.